The third kappa shape index (κ3) is 2.31. The summed E-state index contributed by atoms with van der Waals surface area (Å²) in [7, 11) is 0. The minimum absolute atomic E-state index is 0.659. The second kappa shape index (κ2) is 5.52. The fourth-order valence-electron chi connectivity index (χ4n) is 3.03. The first-order chi connectivity index (χ1) is 12.2. The number of fused-ring (bicyclic) bond motifs is 2. The first-order valence-electron chi connectivity index (χ1n) is 7.52. The Balaban J connectivity index is 1.90. The van der Waals surface area contributed by atoms with Gasteiger partial charge in [-0.15, -0.1) is 10.2 Å². The number of rotatable bonds is 2. The molecule has 0 aliphatic rings. The predicted molar refractivity (Wildman–Crippen MR) is 104 cm³/mol. The zero-order chi connectivity index (χ0) is 17.0. The van der Waals surface area contributed by atoms with Crippen molar-refractivity contribution < 1.29 is 0 Å². The lowest BCUT2D eigenvalue weighted by atomic mass is 10.0. The predicted octanol–water partition coefficient (Wildman–Crippen LogP) is 5.32. The van der Waals surface area contributed by atoms with Crippen LogP contribution in [0.4, 0.5) is 0 Å². The van der Waals surface area contributed by atoms with Crippen molar-refractivity contribution in [1.29, 1.82) is 0 Å². The molecule has 5 rings (SSSR count). The number of hydrogen-bond acceptors (Lipinski definition) is 4. The molecule has 5 aromatic rings. The molecule has 0 unspecified atom stereocenters. The molecule has 0 spiro atoms. The van der Waals surface area contributed by atoms with Gasteiger partial charge in [-0.25, -0.2) is 4.52 Å². The number of aromatic amines is 2. The van der Waals surface area contributed by atoms with Gasteiger partial charge in [0.05, 0.1) is 5.69 Å². The van der Waals surface area contributed by atoms with E-state index >= 15 is 0 Å². The molecule has 0 saturated heterocycles. The topological polar surface area (TPSA) is 61.8 Å². The summed E-state index contributed by atoms with van der Waals surface area (Å²) in [4.78, 5) is 4.19. The third-order valence-corrected chi connectivity index (χ3v) is 5.37. The monoisotopic (exact) mass is 383 g/mol. The number of nitrogens with one attached hydrogen (secondary N) is 2. The van der Waals surface area contributed by atoms with Crippen LogP contribution in [-0.2, 0) is 0 Å². The van der Waals surface area contributed by atoms with Crippen LogP contribution in [0.5, 0.6) is 0 Å². The second-order valence-corrected chi connectivity index (χ2v) is 7.65. The van der Waals surface area contributed by atoms with Crippen molar-refractivity contribution in [3.8, 4) is 22.6 Å². The molecule has 25 heavy (non-hydrogen) atoms. The van der Waals surface area contributed by atoms with Crippen LogP contribution >= 0.6 is 35.2 Å². The molecule has 122 valence electrons. The first kappa shape index (κ1) is 14.8. The summed E-state index contributed by atoms with van der Waals surface area (Å²) in [6, 6.07) is 16.0. The van der Waals surface area contributed by atoms with Crippen molar-refractivity contribution in [2.45, 2.75) is 0 Å². The quantitative estimate of drug-likeness (QED) is 0.406. The van der Waals surface area contributed by atoms with Crippen LogP contribution in [0.3, 0.4) is 0 Å². The smallest absolute Gasteiger partial charge is 0.234 e. The molecule has 0 radical (unpaired) electrons. The molecule has 8 heteroatoms. The lowest BCUT2D eigenvalue weighted by Gasteiger charge is -2.03. The number of halogens is 1. The van der Waals surface area contributed by atoms with E-state index in [0.29, 0.717) is 14.8 Å². The van der Waals surface area contributed by atoms with Crippen LogP contribution in [0.25, 0.3) is 38.5 Å². The van der Waals surface area contributed by atoms with Crippen LogP contribution in [0, 0.1) is 3.95 Å². The maximum absolute atomic E-state index is 6.25. The molecule has 5 nitrogen and oxygen atoms in total. The summed E-state index contributed by atoms with van der Waals surface area (Å²) in [6.45, 7) is 0. The zero-order valence-corrected chi connectivity index (χ0v) is 15.0. The molecule has 2 N–H and O–H groups in total. The fraction of sp³-hybridized carbons (Fsp3) is 0. The highest BCUT2D eigenvalue weighted by molar-refractivity contribution is 7.73. The van der Waals surface area contributed by atoms with Crippen LogP contribution in [0.2, 0.25) is 5.02 Å². The number of aromatic nitrogens is 5. The van der Waals surface area contributed by atoms with E-state index in [1.807, 2.05) is 40.9 Å². The summed E-state index contributed by atoms with van der Waals surface area (Å²) < 4.78 is 2.47. The van der Waals surface area contributed by atoms with Gasteiger partial charge in [-0.1, -0.05) is 53.3 Å². The molecular weight excluding hydrogens is 374 g/mol. The van der Waals surface area contributed by atoms with Gasteiger partial charge in [0, 0.05) is 21.5 Å². The van der Waals surface area contributed by atoms with Gasteiger partial charge in [0.25, 0.3) is 0 Å². The Morgan fingerprint density at radius 2 is 1.92 bits per heavy atom. The summed E-state index contributed by atoms with van der Waals surface area (Å²) in [5.74, 6) is 0.688. The van der Waals surface area contributed by atoms with Crippen molar-refractivity contribution in [2.24, 2.45) is 0 Å². The van der Waals surface area contributed by atoms with E-state index in [1.165, 1.54) is 11.3 Å². The van der Waals surface area contributed by atoms with Crippen LogP contribution in [0.15, 0.2) is 48.5 Å². The van der Waals surface area contributed by atoms with E-state index in [0.717, 1.165) is 32.7 Å². The van der Waals surface area contributed by atoms with Gasteiger partial charge < -0.3 is 4.98 Å². The van der Waals surface area contributed by atoms with Crippen molar-refractivity contribution in [1.82, 2.24) is 24.8 Å². The SMILES string of the molecule is S=c1[nH]n2c(-c3[nH]c4ccc(Cl)cc4c3-c3ccccc3)nnc2s1. The largest absolute Gasteiger partial charge is 0.351 e. The molecular formula is C17H10ClN5S2. The Kier molecular flexibility index (Phi) is 3.27. The normalized spacial score (nSPS) is 11.6. The van der Waals surface area contributed by atoms with Crippen LogP contribution in [0.1, 0.15) is 0 Å². The van der Waals surface area contributed by atoms with Gasteiger partial charge >= 0.3 is 0 Å². The molecule has 0 bridgehead atoms. The average molecular weight is 384 g/mol. The number of benzene rings is 2. The van der Waals surface area contributed by atoms with Crippen molar-refractivity contribution >= 4 is 51.0 Å². The fourth-order valence-corrected chi connectivity index (χ4v) is 4.13. The molecule has 2 aromatic carbocycles. The summed E-state index contributed by atoms with van der Waals surface area (Å²) in [5, 5.41) is 13.4. The van der Waals surface area contributed by atoms with Crippen molar-refractivity contribution in [2.75, 3.05) is 0 Å². The number of H-pyrrole nitrogens is 2. The Morgan fingerprint density at radius 1 is 1.08 bits per heavy atom. The van der Waals surface area contributed by atoms with E-state index in [4.69, 9.17) is 23.8 Å². The maximum atomic E-state index is 6.25. The lowest BCUT2D eigenvalue weighted by molar-refractivity contribution is 0.954. The number of hydrogen-bond donors (Lipinski definition) is 2. The van der Waals surface area contributed by atoms with E-state index in [1.54, 1.807) is 0 Å². The van der Waals surface area contributed by atoms with Gasteiger partial charge in [-0.3, -0.25) is 5.10 Å². The van der Waals surface area contributed by atoms with Crippen molar-refractivity contribution in [3.63, 3.8) is 0 Å². The minimum Gasteiger partial charge on any atom is -0.351 e. The Morgan fingerprint density at radius 3 is 2.76 bits per heavy atom. The van der Waals surface area contributed by atoms with E-state index in [-0.39, 0.29) is 0 Å². The van der Waals surface area contributed by atoms with Crippen LogP contribution in [-0.4, -0.2) is 24.8 Å². The van der Waals surface area contributed by atoms with Gasteiger partial charge in [0.1, 0.15) is 0 Å². The molecule has 0 amide bonds. The molecule has 0 aliphatic heterocycles. The Bertz CT molecular complexity index is 1280. The van der Waals surface area contributed by atoms with E-state index in [2.05, 4.69) is 32.4 Å². The zero-order valence-electron chi connectivity index (χ0n) is 12.7. The molecule has 0 fully saturated rings. The highest BCUT2D eigenvalue weighted by atomic mass is 35.5. The molecule has 0 aliphatic carbocycles. The van der Waals surface area contributed by atoms with Gasteiger partial charge in [0.15, 0.2) is 3.95 Å². The standard InChI is InChI=1S/C17H10ClN5S2/c18-10-6-7-12-11(8-10)13(9-4-2-1-3-5-9)14(19-12)15-20-21-16-23(15)22-17(24)25-16/h1-8,19H,(H,22,24). The van der Waals surface area contributed by atoms with Gasteiger partial charge in [0.2, 0.25) is 10.8 Å². The Hall–Kier alpha value is -2.48. The van der Waals surface area contributed by atoms with Crippen LogP contribution < -0.4 is 0 Å². The molecule has 3 aromatic heterocycles. The maximum Gasteiger partial charge on any atom is 0.234 e. The molecule has 0 atom stereocenters. The highest BCUT2D eigenvalue weighted by Crippen LogP contribution is 2.38. The lowest BCUT2D eigenvalue weighted by Crippen LogP contribution is -1.92. The summed E-state index contributed by atoms with van der Waals surface area (Å²) in [5.41, 5.74) is 3.98. The van der Waals surface area contributed by atoms with Gasteiger partial charge in [-0.2, -0.15) is 0 Å². The molecule has 0 saturated carbocycles. The molecule has 3 heterocycles. The average Bonchev–Trinajstić information content (AvgIpc) is 3.26. The van der Waals surface area contributed by atoms with Gasteiger partial charge in [-0.05, 0) is 36.0 Å². The summed E-state index contributed by atoms with van der Waals surface area (Å²) in [6.07, 6.45) is 0. The van der Waals surface area contributed by atoms with E-state index < -0.39 is 0 Å². The third-order valence-electron chi connectivity index (χ3n) is 4.07. The summed E-state index contributed by atoms with van der Waals surface area (Å²) >= 11 is 12.9. The van der Waals surface area contributed by atoms with Crippen molar-refractivity contribution in [3.05, 3.63) is 57.5 Å². The van der Waals surface area contributed by atoms with E-state index in [9.17, 15) is 0 Å². The number of nitrogens with zero attached hydrogens (tertiary/aromatic N) is 3. The Labute approximate surface area is 155 Å². The highest BCUT2D eigenvalue weighted by Gasteiger charge is 2.20. The first-order valence-corrected chi connectivity index (χ1v) is 9.12. The minimum atomic E-state index is 0.659. The second-order valence-electron chi connectivity index (χ2n) is 5.57.